The van der Waals surface area contributed by atoms with Crippen LogP contribution in [0.1, 0.15) is 42.9 Å². The molecule has 8 heteroatoms. The lowest BCUT2D eigenvalue weighted by atomic mass is 10.2. The van der Waals surface area contributed by atoms with E-state index in [0.717, 1.165) is 16.7 Å². The number of carbonyl (C=O) groups excluding carboxylic acids is 2. The lowest BCUT2D eigenvalue weighted by Gasteiger charge is -2.08. The molecule has 160 valence electrons. The number of hydrogen-bond acceptors (Lipinski definition) is 8. The van der Waals surface area contributed by atoms with Crippen LogP contribution < -0.4 is 5.73 Å². The lowest BCUT2D eigenvalue weighted by molar-refractivity contribution is -0.125. The smallest absolute Gasteiger partial charge is 0.159 e. The number of pyridine rings is 3. The maximum atomic E-state index is 10.2. The average Bonchev–Trinajstić information content (AvgIpc) is 2.78. The summed E-state index contributed by atoms with van der Waals surface area (Å²) < 4.78 is 9.86. The van der Waals surface area contributed by atoms with Gasteiger partial charge in [-0.25, -0.2) is 15.0 Å². The predicted molar refractivity (Wildman–Crippen MR) is 116 cm³/mol. The number of Topliss-reactive ketones (excluding diaryl/α,β-unsaturated/α-hetero) is 1. The number of methoxy groups -OCH3 is 2. The highest BCUT2D eigenvalue weighted by molar-refractivity contribution is 5.81. The number of ketones is 1. The van der Waals surface area contributed by atoms with Gasteiger partial charge in [0.15, 0.2) is 17.7 Å². The Balaban J connectivity index is 0.000000244. The van der Waals surface area contributed by atoms with Crippen LogP contribution in [0.2, 0.25) is 0 Å². The summed E-state index contributed by atoms with van der Waals surface area (Å²) in [6.45, 7) is 5.20. The van der Waals surface area contributed by atoms with E-state index >= 15 is 0 Å². The molecule has 0 spiro atoms. The van der Waals surface area contributed by atoms with Crippen molar-refractivity contribution in [2.75, 3.05) is 20.0 Å². The third-order valence-corrected chi connectivity index (χ3v) is 4.18. The molecule has 0 amide bonds. The summed E-state index contributed by atoms with van der Waals surface area (Å²) in [4.78, 5) is 32.7. The van der Waals surface area contributed by atoms with E-state index < -0.39 is 0 Å². The molecule has 3 aromatic heterocycles. The van der Waals surface area contributed by atoms with E-state index in [4.69, 9.17) is 10.5 Å². The van der Waals surface area contributed by atoms with Crippen LogP contribution in [0.3, 0.4) is 0 Å². The molecule has 2 unspecified atom stereocenters. The number of ether oxygens (including phenoxy) is 2. The van der Waals surface area contributed by atoms with E-state index in [-0.39, 0.29) is 23.8 Å². The van der Waals surface area contributed by atoms with Gasteiger partial charge in [-0.3, -0.25) is 9.59 Å². The zero-order valence-corrected chi connectivity index (χ0v) is 17.9. The summed E-state index contributed by atoms with van der Waals surface area (Å²) in [6, 6.07) is 11.2. The minimum atomic E-state index is -0.236. The Morgan fingerprint density at radius 3 is 2.20 bits per heavy atom. The van der Waals surface area contributed by atoms with Crippen molar-refractivity contribution in [3.63, 3.8) is 0 Å². The van der Waals surface area contributed by atoms with Gasteiger partial charge in [0.25, 0.3) is 0 Å². The molecule has 0 radical (unpaired) electrons. The fourth-order valence-electron chi connectivity index (χ4n) is 2.01. The Hall–Kier alpha value is -3.23. The molecule has 0 aliphatic heterocycles. The van der Waals surface area contributed by atoms with Gasteiger partial charge in [-0.2, -0.15) is 0 Å². The molecule has 8 nitrogen and oxygen atoms in total. The first kappa shape index (κ1) is 24.8. The molecule has 0 saturated heterocycles. The second kappa shape index (κ2) is 13.1. The third-order valence-electron chi connectivity index (χ3n) is 4.18. The van der Waals surface area contributed by atoms with Crippen LogP contribution in [0.25, 0.3) is 11.0 Å². The highest BCUT2D eigenvalue weighted by Crippen LogP contribution is 2.16. The second-order valence-corrected chi connectivity index (χ2v) is 6.25. The van der Waals surface area contributed by atoms with Crippen molar-refractivity contribution in [2.45, 2.75) is 33.0 Å². The standard InChI is InChI=1S/C11H12N2O.C6H6N2O.C5H10O2/c1-8(14-2)10-6-5-9-4-3-7-12-11(9)13-10;7-6-5(4-9)2-1-3-8-6;1-4(6)5(2)7-3/h3-8H,1-2H3;1-4H,(H2,7,8);5H,1-3H3. The summed E-state index contributed by atoms with van der Waals surface area (Å²) in [7, 11) is 3.20. The highest BCUT2D eigenvalue weighted by Gasteiger charge is 2.06. The van der Waals surface area contributed by atoms with E-state index in [0.29, 0.717) is 11.8 Å². The van der Waals surface area contributed by atoms with Gasteiger partial charge in [-0.15, -0.1) is 0 Å². The van der Waals surface area contributed by atoms with Gasteiger partial charge < -0.3 is 15.2 Å². The van der Waals surface area contributed by atoms with Crippen LogP contribution in [0.15, 0.2) is 48.8 Å². The van der Waals surface area contributed by atoms with Gasteiger partial charge >= 0.3 is 0 Å². The SMILES string of the molecule is COC(C)C(C)=O.COC(C)c1ccc2cccnc2n1.Nc1ncccc1C=O. The fourth-order valence-corrected chi connectivity index (χ4v) is 2.01. The van der Waals surface area contributed by atoms with Gasteiger partial charge in [-0.1, -0.05) is 0 Å². The van der Waals surface area contributed by atoms with E-state index in [1.165, 1.54) is 14.0 Å². The number of nitrogens with two attached hydrogens (primary N) is 1. The number of aromatic nitrogens is 3. The summed E-state index contributed by atoms with van der Waals surface area (Å²) >= 11 is 0. The first-order chi connectivity index (χ1) is 14.3. The van der Waals surface area contributed by atoms with Gasteiger partial charge in [-0.05, 0) is 57.2 Å². The molecule has 0 bridgehead atoms. The van der Waals surface area contributed by atoms with E-state index in [2.05, 4.69) is 19.7 Å². The van der Waals surface area contributed by atoms with E-state index in [1.54, 1.807) is 38.6 Å². The quantitative estimate of drug-likeness (QED) is 0.634. The van der Waals surface area contributed by atoms with Crippen molar-refractivity contribution < 1.29 is 19.1 Å². The monoisotopic (exact) mass is 412 g/mol. The Morgan fingerprint density at radius 1 is 1.03 bits per heavy atom. The molecule has 3 heterocycles. The molecule has 0 saturated carbocycles. The Kier molecular flexibility index (Phi) is 10.8. The summed E-state index contributed by atoms with van der Waals surface area (Å²) in [5, 5.41) is 1.06. The van der Waals surface area contributed by atoms with Crippen molar-refractivity contribution >= 4 is 28.9 Å². The maximum Gasteiger partial charge on any atom is 0.159 e. The highest BCUT2D eigenvalue weighted by atomic mass is 16.5. The molecule has 30 heavy (non-hydrogen) atoms. The fraction of sp³-hybridized carbons (Fsp3) is 0.318. The molecular weight excluding hydrogens is 384 g/mol. The van der Waals surface area contributed by atoms with Crippen LogP contribution in [-0.2, 0) is 14.3 Å². The first-order valence-corrected chi connectivity index (χ1v) is 9.27. The largest absolute Gasteiger partial charge is 0.383 e. The number of hydrogen-bond donors (Lipinski definition) is 1. The summed E-state index contributed by atoms with van der Waals surface area (Å²) in [5.41, 5.74) is 7.42. The molecular formula is C22H28N4O4. The molecule has 0 aliphatic carbocycles. The number of nitrogens with zero attached hydrogens (tertiary/aromatic N) is 3. The molecule has 0 aliphatic rings. The lowest BCUT2D eigenvalue weighted by Crippen LogP contribution is -2.14. The number of anilines is 1. The summed E-state index contributed by atoms with van der Waals surface area (Å²) in [5.74, 6) is 0.356. The van der Waals surface area contributed by atoms with Crippen LogP contribution >= 0.6 is 0 Å². The first-order valence-electron chi connectivity index (χ1n) is 9.27. The summed E-state index contributed by atoms with van der Waals surface area (Å²) in [6.07, 6.45) is 3.75. The van der Waals surface area contributed by atoms with Crippen molar-refractivity contribution in [3.8, 4) is 0 Å². The average molecular weight is 412 g/mol. The molecule has 3 aromatic rings. The minimum absolute atomic E-state index is 0.0152. The number of carbonyl (C=O) groups is 2. The van der Waals surface area contributed by atoms with Gasteiger partial charge in [0.1, 0.15) is 11.9 Å². The minimum Gasteiger partial charge on any atom is -0.383 e. The van der Waals surface area contributed by atoms with Gasteiger partial charge in [0.2, 0.25) is 0 Å². The number of aldehydes is 1. The molecule has 2 atom stereocenters. The number of fused-ring (bicyclic) bond motifs is 1. The van der Waals surface area contributed by atoms with Crippen molar-refractivity contribution in [3.05, 3.63) is 60.0 Å². The van der Waals surface area contributed by atoms with E-state index in [1.807, 2.05) is 31.2 Å². The normalized spacial score (nSPS) is 11.9. The van der Waals surface area contributed by atoms with E-state index in [9.17, 15) is 9.59 Å². The Morgan fingerprint density at radius 2 is 1.70 bits per heavy atom. The molecule has 0 fully saturated rings. The number of rotatable bonds is 5. The zero-order valence-electron chi connectivity index (χ0n) is 17.9. The maximum absolute atomic E-state index is 10.2. The number of nitrogen functional groups attached to an aromatic ring is 1. The van der Waals surface area contributed by atoms with Crippen LogP contribution in [0.4, 0.5) is 5.82 Å². The van der Waals surface area contributed by atoms with Crippen molar-refractivity contribution in [1.29, 1.82) is 0 Å². The molecule has 3 rings (SSSR count). The molecule has 0 aromatic carbocycles. The predicted octanol–water partition coefficient (Wildman–Crippen LogP) is 3.42. The van der Waals surface area contributed by atoms with Crippen molar-refractivity contribution in [1.82, 2.24) is 15.0 Å². The van der Waals surface area contributed by atoms with Crippen LogP contribution in [0, 0.1) is 0 Å². The van der Waals surface area contributed by atoms with Gasteiger partial charge in [0.05, 0.1) is 17.4 Å². The second-order valence-electron chi connectivity index (χ2n) is 6.25. The Labute approximate surface area is 176 Å². The van der Waals surface area contributed by atoms with Crippen LogP contribution in [0.5, 0.6) is 0 Å². The van der Waals surface area contributed by atoms with Gasteiger partial charge in [0, 0.05) is 32.0 Å². The van der Waals surface area contributed by atoms with Crippen molar-refractivity contribution in [2.24, 2.45) is 0 Å². The van der Waals surface area contributed by atoms with Crippen LogP contribution in [-0.4, -0.2) is 47.3 Å². The zero-order chi connectivity index (χ0) is 22.5. The third kappa shape index (κ3) is 8.02. The Bertz CT molecular complexity index is 949. The molecule has 2 N–H and O–H groups in total. The topological polar surface area (TPSA) is 117 Å².